The molecule has 0 saturated carbocycles. The summed E-state index contributed by atoms with van der Waals surface area (Å²) in [7, 11) is 1.25. The monoisotopic (exact) mass is 265 g/mol. The van der Waals surface area contributed by atoms with Crippen molar-refractivity contribution >= 4 is 34.3 Å². The van der Waals surface area contributed by atoms with E-state index in [4.69, 9.17) is 11.6 Å². The maximum Gasteiger partial charge on any atom is 0.313 e. The van der Waals surface area contributed by atoms with Crippen LogP contribution in [-0.4, -0.2) is 23.8 Å². The van der Waals surface area contributed by atoms with Gasteiger partial charge in [0.2, 0.25) is 0 Å². The molecule has 0 aliphatic heterocycles. The van der Waals surface area contributed by atoms with Gasteiger partial charge in [0, 0.05) is 17.1 Å². The number of esters is 1. The van der Waals surface area contributed by atoms with E-state index in [1.807, 2.05) is 13.0 Å². The number of halogens is 1. The quantitative estimate of drug-likeness (QED) is 0.527. The number of benzene rings is 1. The van der Waals surface area contributed by atoms with Crippen molar-refractivity contribution < 1.29 is 14.3 Å². The van der Waals surface area contributed by atoms with Crippen LogP contribution in [-0.2, 0) is 9.53 Å². The summed E-state index contributed by atoms with van der Waals surface area (Å²) in [6, 6.07) is 3.61. The summed E-state index contributed by atoms with van der Waals surface area (Å²) in [5, 5.41) is 1.15. The molecule has 0 radical (unpaired) electrons. The zero-order valence-corrected chi connectivity index (χ0v) is 10.8. The van der Waals surface area contributed by atoms with Crippen LogP contribution in [0.4, 0.5) is 0 Å². The van der Waals surface area contributed by atoms with Gasteiger partial charge < -0.3 is 9.72 Å². The molecule has 0 atom stereocenters. The summed E-state index contributed by atoms with van der Waals surface area (Å²) in [5.74, 6) is -0.862. The lowest BCUT2D eigenvalue weighted by atomic mass is 10.1. The van der Waals surface area contributed by atoms with Gasteiger partial charge in [0.15, 0.2) is 5.78 Å². The Morgan fingerprint density at radius 3 is 2.78 bits per heavy atom. The Hall–Kier alpha value is -1.81. The zero-order chi connectivity index (χ0) is 13.3. The Balaban J connectivity index is 2.49. The molecule has 1 aromatic heterocycles. The Kier molecular flexibility index (Phi) is 3.39. The number of aromatic nitrogens is 1. The zero-order valence-electron chi connectivity index (χ0n) is 10.0. The standard InChI is InChI=1S/C13H12ClNO3/c1-7-3-4-9(14)12-8(6-15-13(7)12)10(16)5-11(17)18-2/h3-4,6,15H,5H2,1-2H3. The van der Waals surface area contributed by atoms with E-state index in [0.29, 0.717) is 16.0 Å². The van der Waals surface area contributed by atoms with Crippen LogP contribution in [0.3, 0.4) is 0 Å². The van der Waals surface area contributed by atoms with Gasteiger partial charge in [-0.05, 0) is 18.6 Å². The fourth-order valence-corrected chi connectivity index (χ4v) is 2.12. The summed E-state index contributed by atoms with van der Waals surface area (Å²) in [6.07, 6.45) is 1.29. The van der Waals surface area contributed by atoms with E-state index < -0.39 is 5.97 Å². The van der Waals surface area contributed by atoms with Crippen LogP contribution >= 0.6 is 11.6 Å². The molecule has 0 bridgehead atoms. The molecular weight excluding hydrogens is 254 g/mol. The summed E-state index contributed by atoms with van der Waals surface area (Å²) in [5.41, 5.74) is 2.23. The highest BCUT2D eigenvalue weighted by molar-refractivity contribution is 6.37. The molecule has 4 nitrogen and oxygen atoms in total. The summed E-state index contributed by atoms with van der Waals surface area (Å²) in [4.78, 5) is 26.1. The van der Waals surface area contributed by atoms with Crippen molar-refractivity contribution in [2.24, 2.45) is 0 Å². The highest BCUT2D eigenvalue weighted by Gasteiger charge is 2.18. The summed E-state index contributed by atoms with van der Waals surface area (Å²) >= 11 is 6.10. The number of fused-ring (bicyclic) bond motifs is 1. The molecule has 1 N–H and O–H groups in total. The van der Waals surface area contributed by atoms with Crippen molar-refractivity contribution in [1.82, 2.24) is 4.98 Å². The normalized spacial score (nSPS) is 10.6. The molecule has 0 unspecified atom stereocenters. The second-order valence-electron chi connectivity index (χ2n) is 3.99. The highest BCUT2D eigenvalue weighted by Crippen LogP contribution is 2.29. The second kappa shape index (κ2) is 4.82. The molecule has 0 amide bonds. The Bertz CT molecular complexity index is 630. The van der Waals surface area contributed by atoms with Gasteiger partial charge in [-0.3, -0.25) is 9.59 Å². The molecule has 0 aliphatic carbocycles. The average Bonchev–Trinajstić information content (AvgIpc) is 2.79. The number of nitrogens with one attached hydrogen (secondary N) is 1. The SMILES string of the molecule is COC(=O)CC(=O)c1c[nH]c2c(C)ccc(Cl)c12. The molecule has 18 heavy (non-hydrogen) atoms. The first kappa shape index (κ1) is 12.6. The number of Topliss-reactive ketones (excluding diaryl/α,β-unsaturated/α-hetero) is 1. The number of ketones is 1. The third-order valence-corrected chi connectivity index (χ3v) is 3.14. The number of aromatic amines is 1. The van der Waals surface area contributed by atoms with Crippen LogP contribution < -0.4 is 0 Å². The van der Waals surface area contributed by atoms with Crippen molar-refractivity contribution in [1.29, 1.82) is 0 Å². The first-order valence-corrected chi connectivity index (χ1v) is 5.78. The van der Waals surface area contributed by atoms with Crippen molar-refractivity contribution in [2.45, 2.75) is 13.3 Å². The van der Waals surface area contributed by atoms with Gasteiger partial charge in [0.05, 0.1) is 17.6 Å². The smallest absolute Gasteiger partial charge is 0.313 e. The van der Waals surface area contributed by atoms with Crippen molar-refractivity contribution in [3.63, 3.8) is 0 Å². The third-order valence-electron chi connectivity index (χ3n) is 2.83. The van der Waals surface area contributed by atoms with Gasteiger partial charge in [-0.2, -0.15) is 0 Å². The lowest BCUT2D eigenvalue weighted by molar-refractivity contribution is -0.139. The lowest BCUT2D eigenvalue weighted by Gasteiger charge is -2.02. The predicted molar refractivity (Wildman–Crippen MR) is 69.0 cm³/mol. The highest BCUT2D eigenvalue weighted by atomic mass is 35.5. The van der Waals surface area contributed by atoms with Gasteiger partial charge >= 0.3 is 5.97 Å². The van der Waals surface area contributed by atoms with Crippen LogP contribution in [0.2, 0.25) is 5.02 Å². The van der Waals surface area contributed by atoms with E-state index in [9.17, 15) is 9.59 Å². The van der Waals surface area contributed by atoms with Gasteiger partial charge in [-0.1, -0.05) is 17.7 Å². The van der Waals surface area contributed by atoms with E-state index >= 15 is 0 Å². The second-order valence-corrected chi connectivity index (χ2v) is 4.40. The lowest BCUT2D eigenvalue weighted by Crippen LogP contribution is -2.09. The molecule has 1 aromatic carbocycles. The number of hydrogen-bond donors (Lipinski definition) is 1. The number of rotatable bonds is 3. The number of H-pyrrole nitrogens is 1. The van der Waals surface area contributed by atoms with Crippen molar-refractivity contribution in [2.75, 3.05) is 7.11 Å². The summed E-state index contributed by atoms with van der Waals surface area (Å²) in [6.45, 7) is 1.92. The van der Waals surface area contributed by atoms with E-state index in [1.165, 1.54) is 7.11 Å². The van der Waals surface area contributed by atoms with E-state index in [0.717, 1.165) is 11.1 Å². The van der Waals surface area contributed by atoms with Crippen LogP contribution in [0.1, 0.15) is 22.3 Å². The van der Waals surface area contributed by atoms with Gasteiger partial charge in [-0.15, -0.1) is 0 Å². The van der Waals surface area contributed by atoms with Crippen LogP contribution in [0.25, 0.3) is 10.9 Å². The van der Waals surface area contributed by atoms with Gasteiger partial charge in [-0.25, -0.2) is 0 Å². The topological polar surface area (TPSA) is 59.2 Å². The summed E-state index contributed by atoms with van der Waals surface area (Å²) < 4.78 is 4.48. The number of aryl methyl sites for hydroxylation is 1. The first-order valence-electron chi connectivity index (χ1n) is 5.40. The minimum Gasteiger partial charge on any atom is -0.469 e. The minimum atomic E-state index is -0.557. The minimum absolute atomic E-state index is 0.284. The maximum atomic E-state index is 12.0. The fourth-order valence-electron chi connectivity index (χ4n) is 1.87. The molecule has 94 valence electrons. The molecule has 0 aliphatic rings. The molecule has 2 aromatic rings. The van der Waals surface area contributed by atoms with E-state index in [-0.39, 0.29) is 12.2 Å². The van der Waals surface area contributed by atoms with E-state index in [1.54, 1.807) is 12.3 Å². The van der Waals surface area contributed by atoms with Crippen molar-refractivity contribution in [3.8, 4) is 0 Å². The molecule has 2 rings (SSSR count). The number of carbonyl (C=O) groups is 2. The Morgan fingerprint density at radius 2 is 2.11 bits per heavy atom. The molecule has 0 saturated heterocycles. The van der Waals surface area contributed by atoms with Crippen LogP contribution in [0.5, 0.6) is 0 Å². The number of ether oxygens (including phenoxy) is 1. The maximum absolute atomic E-state index is 12.0. The Morgan fingerprint density at radius 1 is 1.39 bits per heavy atom. The average molecular weight is 266 g/mol. The number of carbonyl (C=O) groups excluding carboxylic acids is 2. The van der Waals surface area contributed by atoms with Crippen molar-refractivity contribution in [3.05, 3.63) is 34.5 Å². The third kappa shape index (κ3) is 2.11. The number of hydrogen-bond acceptors (Lipinski definition) is 3. The predicted octanol–water partition coefficient (Wildman–Crippen LogP) is 2.88. The van der Waals surface area contributed by atoms with Crippen LogP contribution in [0.15, 0.2) is 18.3 Å². The fraction of sp³-hybridized carbons (Fsp3) is 0.231. The first-order chi connectivity index (χ1) is 8.54. The van der Waals surface area contributed by atoms with Gasteiger partial charge in [0.1, 0.15) is 6.42 Å². The molecule has 5 heteroatoms. The largest absolute Gasteiger partial charge is 0.469 e. The van der Waals surface area contributed by atoms with Crippen LogP contribution in [0, 0.1) is 6.92 Å². The van der Waals surface area contributed by atoms with Gasteiger partial charge in [0.25, 0.3) is 0 Å². The molecular formula is C13H12ClNO3. The molecule has 1 heterocycles. The number of methoxy groups -OCH3 is 1. The molecule has 0 spiro atoms. The van der Waals surface area contributed by atoms with E-state index in [2.05, 4.69) is 9.72 Å². The molecule has 0 fully saturated rings. The Labute approximate surface area is 109 Å².